The van der Waals surface area contributed by atoms with Gasteiger partial charge in [0, 0.05) is 36.5 Å². The van der Waals surface area contributed by atoms with Crippen molar-refractivity contribution in [3.63, 3.8) is 0 Å². The van der Waals surface area contributed by atoms with Crippen LogP contribution in [0.1, 0.15) is 44.6 Å². The van der Waals surface area contributed by atoms with Crippen molar-refractivity contribution < 1.29 is 4.79 Å². The van der Waals surface area contributed by atoms with Crippen molar-refractivity contribution in [1.29, 1.82) is 0 Å². The molecule has 1 unspecified atom stereocenters. The van der Waals surface area contributed by atoms with E-state index in [2.05, 4.69) is 29.3 Å². The minimum atomic E-state index is -0.211. The Morgan fingerprint density at radius 1 is 1.46 bits per heavy atom. The van der Waals surface area contributed by atoms with Crippen LogP contribution in [-0.2, 0) is 10.2 Å². The number of hydrogen-bond donors (Lipinski definition) is 2. The van der Waals surface area contributed by atoms with Gasteiger partial charge in [-0.15, -0.1) is 0 Å². The lowest BCUT2D eigenvalue weighted by molar-refractivity contribution is -0.119. The van der Waals surface area contributed by atoms with Gasteiger partial charge in [0.25, 0.3) is 0 Å². The number of nitrogens with one attached hydrogen (secondary N) is 1. The molecule has 0 bridgehead atoms. The van der Waals surface area contributed by atoms with Gasteiger partial charge in [-0.3, -0.25) is 9.79 Å². The Morgan fingerprint density at radius 2 is 2.27 bits per heavy atom. The van der Waals surface area contributed by atoms with Crippen LogP contribution in [-0.4, -0.2) is 42.9 Å². The number of hydrogen-bond acceptors (Lipinski definition) is 2. The Balaban J connectivity index is 1.70. The quantitative estimate of drug-likeness (QED) is 0.592. The lowest BCUT2D eigenvalue weighted by atomic mass is 9.94. The van der Waals surface area contributed by atoms with Crippen molar-refractivity contribution in [2.24, 2.45) is 16.6 Å². The molecule has 3 rings (SSSR count). The summed E-state index contributed by atoms with van der Waals surface area (Å²) in [5, 5.41) is 4.21. The maximum atomic E-state index is 11.3. The minimum absolute atomic E-state index is 0.133. The van der Waals surface area contributed by atoms with E-state index in [0.717, 1.165) is 62.8 Å². The number of primary amides is 1. The van der Waals surface area contributed by atoms with E-state index in [1.165, 1.54) is 5.56 Å². The van der Waals surface area contributed by atoms with Crippen LogP contribution in [0.3, 0.4) is 0 Å². The molecule has 1 aliphatic carbocycles. The fraction of sp³-hybridized carbons (Fsp3) is 0.600. The number of benzene rings is 1. The van der Waals surface area contributed by atoms with Crippen LogP contribution in [0.4, 0.5) is 0 Å². The van der Waals surface area contributed by atoms with Crippen molar-refractivity contribution in [3.05, 3.63) is 34.9 Å². The molecule has 1 saturated carbocycles. The van der Waals surface area contributed by atoms with Gasteiger partial charge < -0.3 is 16.0 Å². The average molecular weight is 377 g/mol. The van der Waals surface area contributed by atoms with Gasteiger partial charge >= 0.3 is 0 Å². The molecule has 1 heterocycles. The number of piperidine rings is 1. The third-order valence-electron chi connectivity index (χ3n) is 5.47. The molecular formula is C20H29ClN4O. The summed E-state index contributed by atoms with van der Waals surface area (Å²) in [6.07, 6.45) is 4.90. The Bertz CT molecular complexity index is 672. The number of carbonyl (C=O) groups is 1. The van der Waals surface area contributed by atoms with Crippen LogP contribution in [0.2, 0.25) is 5.02 Å². The molecule has 6 heteroatoms. The zero-order valence-corrected chi connectivity index (χ0v) is 16.3. The normalized spacial score (nSPS) is 22.2. The van der Waals surface area contributed by atoms with Crippen molar-refractivity contribution in [3.8, 4) is 0 Å². The van der Waals surface area contributed by atoms with Gasteiger partial charge in [-0.2, -0.15) is 0 Å². The second kappa shape index (κ2) is 8.30. The van der Waals surface area contributed by atoms with Gasteiger partial charge in [0.1, 0.15) is 0 Å². The van der Waals surface area contributed by atoms with Crippen LogP contribution < -0.4 is 11.1 Å². The number of nitrogens with two attached hydrogens (primary N) is 1. The highest BCUT2D eigenvalue weighted by atomic mass is 35.5. The molecule has 142 valence electrons. The fourth-order valence-corrected chi connectivity index (χ4v) is 4.06. The number of carbonyl (C=O) groups excluding carboxylic acids is 1. The number of nitrogens with zero attached hydrogens (tertiary/aromatic N) is 2. The third kappa shape index (κ3) is 4.70. The molecular weight excluding hydrogens is 348 g/mol. The van der Waals surface area contributed by atoms with E-state index >= 15 is 0 Å². The summed E-state index contributed by atoms with van der Waals surface area (Å²) in [6, 6.07) is 8.17. The van der Waals surface area contributed by atoms with E-state index in [0.29, 0.717) is 12.3 Å². The first kappa shape index (κ1) is 19.0. The summed E-state index contributed by atoms with van der Waals surface area (Å²) in [5.41, 5.74) is 6.81. The van der Waals surface area contributed by atoms with Crippen molar-refractivity contribution in [2.75, 3.05) is 26.2 Å². The summed E-state index contributed by atoms with van der Waals surface area (Å²) >= 11 is 6.18. The number of likely N-dealkylation sites (tertiary alicyclic amines) is 1. The van der Waals surface area contributed by atoms with Crippen LogP contribution in [0.5, 0.6) is 0 Å². The highest BCUT2D eigenvalue weighted by molar-refractivity contribution is 6.30. The van der Waals surface area contributed by atoms with E-state index in [1.807, 2.05) is 12.1 Å². The number of guanidine groups is 1. The van der Waals surface area contributed by atoms with E-state index in [-0.39, 0.29) is 11.3 Å². The van der Waals surface area contributed by atoms with Gasteiger partial charge in [-0.25, -0.2) is 0 Å². The highest BCUT2D eigenvalue weighted by Crippen LogP contribution is 2.48. The fourth-order valence-electron chi connectivity index (χ4n) is 3.87. The summed E-state index contributed by atoms with van der Waals surface area (Å²) in [6.45, 7) is 5.51. The summed E-state index contributed by atoms with van der Waals surface area (Å²) < 4.78 is 0. The Labute approximate surface area is 161 Å². The van der Waals surface area contributed by atoms with Crippen molar-refractivity contribution >= 4 is 23.5 Å². The van der Waals surface area contributed by atoms with Crippen LogP contribution in [0, 0.1) is 5.92 Å². The predicted octanol–water partition coefficient (Wildman–Crippen LogP) is 2.92. The Morgan fingerprint density at radius 3 is 2.92 bits per heavy atom. The molecule has 1 aliphatic heterocycles. The largest absolute Gasteiger partial charge is 0.370 e. The lowest BCUT2D eigenvalue weighted by Gasteiger charge is -2.35. The molecule has 1 amide bonds. The second-order valence-electron chi connectivity index (χ2n) is 7.59. The molecule has 0 radical (unpaired) electrons. The van der Waals surface area contributed by atoms with Gasteiger partial charge in [-0.1, -0.05) is 23.7 Å². The van der Waals surface area contributed by atoms with Gasteiger partial charge in [0.05, 0.1) is 6.54 Å². The van der Waals surface area contributed by atoms with Crippen molar-refractivity contribution in [2.45, 2.75) is 44.4 Å². The van der Waals surface area contributed by atoms with E-state index < -0.39 is 0 Å². The molecule has 26 heavy (non-hydrogen) atoms. The summed E-state index contributed by atoms with van der Waals surface area (Å²) in [5.74, 6) is 1.07. The maximum Gasteiger partial charge on any atom is 0.217 e. The molecule has 1 atom stereocenters. The second-order valence-corrected chi connectivity index (χ2v) is 8.02. The minimum Gasteiger partial charge on any atom is -0.370 e. The molecule has 1 saturated heterocycles. The van der Waals surface area contributed by atoms with Crippen LogP contribution in [0.25, 0.3) is 0 Å². The zero-order chi connectivity index (χ0) is 18.6. The standard InChI is InChI=1S/C20H29ClN4O/c1-2-23-19(25-10-4-5-15(13-25)11-18(22)26)24-14-20(8-9-20)16-6-3-7-17(21)12-16/h3,6-7,12,15H,2,4-5,8-11,13-14H2,1H3,(H2,22,26)(H,23,24). The molecule has 2 fully saturated rings. The number of halogens is 1. The maximum absolute atomic E-state index is 11.3. The lowest BCUT2D eigenvalue weighted by Crippen LogP contribution is -2.47. The molecule has 2 aliphatic rings. The van der Waals surface area contributed by atoms with Gasteiger partial charge in [0.2, 0.25) is 5.91 Å². The number of aliphatic imine (C=N–C) groups is 1. The Hall–Kier alpha value is -1.75. The topological polar surface area (TPSA) is 70.7 Å². The first-order chi connectivity index (χ1) is 12.5. The smallest absolute Gasteiger partial charge is 0.217 e. The zero-order valence-electron chi connectivity index (χ0n) is 15.5. The monoisotopic (exact) mass is 376 g/mol. The van der Waals surface area contributed by atoms with E-state index in [1.54, 1.807) is 0 Å². The third-order valence-corrected chi connectivity index (χ3v) is 5.70. The van der Waals surface area contributed by atoms with Gasteiger partial charge in [0.15, 0.2) is 5.96 Å². The van der Waals surface area contributed by atoms with Gasteiger partial charge in [-0.05, 0) is 56.2 Å². The van der Waals surface area contributed by atoms with E-state index in [9.17, 15) is 4.79 Å². The predicted molar refractivity (Wildman–Crippen MR) is 106 cm³/mol. The SMILES string of the molecule is CCNC(=NCC1(c2cccc(Cl)c2)CC1)N1CCCC(CC(N)=O)C1. The highest BCUT2D eigenvalue weighted by Gasteiger charge is 2.44. The number of amides is 1. The van der Waals surface area contributed by atoms with Crippen molar-refractivity contribution in [1.82, 2.24) is 10.2 Å². The van der Waals surface area contributed by atoms with Crippen LogP contribution in [0.15, 0.2) is 29.3 Å². The molecule has 1 aromatic rings. The first-order valence-corrected chi connectivity index (χ1v) is 9.98. The Kier molecular flexibility index (Phi) is 6.07. The van der Waals surface area contributed by atoms with E-state index in [4.69, 9.17) is 22.3 Å². The summed E-state index contributed by atoms with van der Waals surface area (Å²) in [4.78, 5) is 18.5. The molecule has 1 aromatic carbocycles. The molecule has 3 N–H and O–H groups in total. The molecule has 5 nitrogen and oxygen atoms in total. The molecule has 0 spiro atoms. The first-order valence-electron chi connectivity index (χ1n) is 9.60. The average Bonchev–Trinajstić information content (AvgIpc) is 3.39. The summed E-state index contributed by atoms with van der Waals surface area (Å²) in [7, 11) is 0. The molecule has 0 aromatic heterocycles. The number of rotatable bonds is 6. The van der Waals surface area contributed by atoms with Crippen LogP contribution >= 0.6 is 11.6 Å².